The van der Waals surface area contributed by atoms with E-state index in [2.05, 4.69) is 16.0 Å². The third-order valence-corrected chi connectivity index (χ3v) is 4.72. The van der Waals surface area contributed by atoms with E-state index < -0.39 is 42.2 Å². The second-order valence-corrected chi connectivity index (χ2v) is 7.20. The lowest BCUT2D eigenvalue weighted by atomic mass is 10.0. The Hall–Kier alpha value is -3.77. The Kier molecular flexibility index (Phi) is 8.20. The van der Waals surface area contributed by atoms with Crippen LogP contribution >= 0.6 is 0 Å². The molecule has 2 aromatic carbocycles. The van der Waals surface area contributed by atoms with Crippen molar-refractivity contribution in [1.29, 1.82) is 0 Å². The molecule has 2 aromatic rings. The van der Waals surface area contributed by atoms with Gasteiger partial charge in [-0.05, 0) is 48.9 Å². The predicted molar refractivity (Wildman–Crippen MR) is 120 cm³/mol. The predicted octanol–water partition coefficient (Wildman–Crippen LogP) is 4.04. The van der Waals surface area contributed by atoms with Gasteiger partial charge in [-0.2, -0.15) is 13.2 Å². The molecule has 0 radical (unpaired) electrons. The highest BCUT2D eigenvalue weighted by molar-refractivity contribution is 6.00. The Morgan fingerprint density at radius 2 is 1.91 bits per heavy atom. The summed E-state index contributed by atoms with van der Waals surface area (Å²) in [6.45, 7) is 1.28. The average molecular weight is 497 g/mol. The second kappa shape index (κ2) is 11.1. The fourth-order valence-corrected chi connectivity index (χ4v) is 3.17. The van der Waals surface area contributed by atoms with Crippen LogP contribution in [0.3, 0.4) is 0 Å². The van der Waals surface area contributed by atoms with Crippen LogP contribution in [0.1, 0.15) is 18.1 Å². The zero-order valence-corrected chi connectivity index (χ0v) is 18.4. The highest BCUT2D eigenvalue weighted by Gasteiger charge is 2.35. The first-order chi connectivity index (χ1) is 16.6. The van der Waals surface area contributed by atoms with E-state index in [1.54, 1.807) is 13.0 Å². The smallest absolute Gasteiger partial charge is 0.420 e. The summed E-state index contributed by atoms with van der Waals surface area (Å²) in [7, 11) is 0. The second-order valence-electron chi connectivity index (χ2n) is 7.20. The van der Waals surface area contributed by atoms with Crippen molar-refractivity contribution in [2.45, 2.75) is 19.3 Å². The first-order valence-corrected chi connectivity index (χ1v) is 10.4. The van der Waals surface area contributed by atoms with E-state index in [0.717, 1.165) is 12.1 Å². The van der Waals surface area contributed by atoms with E-state index in [0.29, 0.717) is 23.8 Å². The number of aliphatic hydroxyl groups is 2. The zero-order valence-electron chi connectivity index (χ0n) is 18.4. The lowest BCUT2D eigenvalue weighted by Crippen LogP contribution is -2.30. The summed E-state index contributed by atoms with van der Waals surface area (Å²) in [5, 5.41) is 25.8. The summed E-state index contributed by atoms with van der Waals surface area (Å²) in [5.74, 6) is -1.03. The Balaban J connectivity index is 1.72. The van der Waals surface area contributed by atoms with Crippen molar-refractivity contribution in [2.75, 3.05) is 30.5 Å². The molecule has 188 valence electrons. The van der Waals surface area contributed by atoms with Gasteiger partial charge in [0, 0.05) is 17.5 Å². The summed E-state index contributed by atoms with van der Waals surface area (Å²) >= 11 is 0. The van der Waals surface area contributed by atoms with Crippen LogP contribution in [-0.2, 0) is 10.9 Å². The van der Waals surface area contributed by atoms with Gasteiger partial charge in [-0.3, -0.25) is 0 Å². The highest BCUT2D eigenvalue weighted by atomic mass is 19.4. The number of urea groups is 1. The molecule has 0 fully saturated rings. The Bertz CT molecular complexity index is 1130. The summed E-state index contributed by atoms with van der Waals surface area (Å²) in [5.41, 5.74) is -0.592. The van der Waals surface area contributed by atoms with Gasteiger partial charge in [-0.1, -0.05) is 6.07 Å². The molecular formula is C23H23F4N3O5. The molecule has 8 nitrogen and oxygen atoms in total. The number of carbonyl (C=O) groups is 1. The molecule has 1 aliphatic heterocycles. The molecule has 0 spiro atoms. The monoisotopic (exact) mass is 497 g/mol. The van der Waals surface area contributed by atoms with Crippen LogP contribution in [0.5, 0.6) is 5.75 Å². The molecule has 3 rings (SSSR count). The Morgan fingerprint density at radius 1 is 1.14 bits per heavy atom. The number of dihydropyridines is 1. The van der Waals surface area contributed by atoms with Crippen LogP contribution in [0.2, 0.25) is 0 Å². The Labute approximate surface area is 197 Å². The first kappa shape index (κ1) is 25.8. The van der Waals surface area contributed by atoms with Crippen LogP contribution in [0.15, 0.2) is 54.4 Å². The number of hydrogen-bond acceptors (Lipinski definition) is 6. The molecule has 0 bridgehead atoms. The van der Waals surface area contributed by atoms with Gasteiger partial charge >= 0.3 is 12.2 Å². The molecule has 0 saturated carbocycles. The summed E-state index contributed by atoms with van der Waals surface area (Å²) in [6, 6.07) is 5.85. The van der Waals surface area contributed by atoms with Crippen molar-refractivity contribution in [3.8, 4) is 5.75 Å². The van der Waals surface area contributed by atoms with Crippen LogP contribution in [-0.4, -0.2) is 42.3 Å². The van der Waals surface area contributed by atoms with E-state index in [1.165, 1.54) is 24.4 Å². The van der Waals surface area contributed by atoms with Gasteiger partial charge in [0.15, 0.2) is 6.23 Å². The molecule has 1 heterocycles. The van der Waals surface area contributed by atoms with E-state index in [-0.39, 0.29) is 23.7 Å². The van der Waals surface area contributed by atoms with Gasteiger partial charge in [0.25, 0.3) is 0 Å². The summed E-state index contributed by atoms with van der Waals surface area (Å²) < 4.78 is 64.8. The van der Waals surface area contributed by atoms with Crippen molar-refractivity contribution in [1.82, 2.24) is 5.32 Å². The maximum atomic E-state index is 14.6. The van der Waals surface area contributed by atoms with Crippen molar-refractivity contribution in [2.24, 2.45) is 0 Å². The number of anilines is 2. The van der Waals surface area contributed by atoms with Crippen LogP contribution in [0, 0.1) is 5.82 Å². The van der Waals surface area contributed by atoms with E-state index in [4.69, 9.17) is 14.6 Å². The largest absolute Gasteiger partial charge is 0.493 e. The van der Waals surface area contributed by atoms with E-state index in [9.17, 15) is 27.5 Å². The maximum absolute atomic E-state index is 14.6. The van der Waals surface area contributed by atoms with Crippen LogP contribution < -0.4 is 20.7 Å². The van der Waals surface area contributed by atoms with Gasteiger partial charge in [-0.15, -0.1) is 0 Å². The van der Waals surface area contributed by atoms with Crippen molar-refractivity contribution >= 4 is 23.0 Å². The normalized spacial score (nSPS) is 15.5. The lowest BCUT2D eigenvalue weighted by molar-refractivity contribution is -0.139. The standard InChI is InChI=1S/C23H23F4N3O5/c1-2-34-20-10-14(12-28-21(20)32)13-3-5-18(17(24)9-13)30-22(33)29-15-4-6-19(35-8-7-31)16(11-15)23(25,26)27/h3-6,9-12,21,28,31-32H,2,7-8H2,1H3,(H2,29,30,33). The van der Waals surface area contributed by atoms with Gasteiger partial charge in [0.05, 0.1) is 24.5 Å². The van der Waals surface area contributed by atoms with E-state index >= 15 is 0 Å². The number of nitrogens with one attached hydrogen (secondary N) is 3. The van der Waals surface area contributed by atoms with Gasteiger partial charge < -0.3 is 35.6 Å². The van der Waals surface area contributed by atoms with Crippen molar-refractivity contribution < 1.29 is 42.0 Å². The molecule has 1 aliphatic rings. The van der Waals surface area contributed by atoms with E-state index in [1.807, 2.05) is 0 Å². The fraction of sp³-hybridized carbons (Fsp3) is 0.261. The third kappa shape index (κ3) is 6.64. The summed E-state index contributed by atoms with van der Waals surface area (Å²) in [4.78, 5) is 12.3. The van der Waals surface area contributed by atoms with Crippen molar-refractivity contribution in [3.05, 3.63) is 71.4 Å². The molecule has 12 heteroatoms. The minimum Gasteiger partial charge on any atom is -0.493 e. The molecule has 1 unspecified atom stereocenters. The number of amides is 2. The Morgan fingerprint density at radius 3 is 2.57 bits per heavy atom. The maximum Gasteiger partial charge on any atom is 0.420 e. The number of alkyl halides is 3. The molecule has 2 amide bonds. The number of halogens is 4. The first-order valence-electron chi connectivity index (χ1n) is 10.4. The third-order valence-electron chi connectivity index (χ3n) is 4.72. The van der Waals surface area contributed by atoms with Crippen LogP contribution in [0.25, 0.3) is 5.57 Å². The lowest BCUT2D eigenvalue weighted by Gasteiger charge is -2.21. The van der Waals surface area contributed by atoms with Gasteiger partial charge in [-0.25, -0.2) is 9.18 Å². The minimum absolute atomic E-state index is 0.200. The molecule has 0 saturated heterocycles. The van der Waals surface area contributed by atoms with Gasteiger partial charge in [0.1, 0.15) is 23.9 Å². The molecule has 5 N–H and O–H groups in total. The van der Waals surface area contributed by atoms with Crippen molar-refractivity contribution in [3.63, 3.8) is 0 Å². The number of ether oxygens (including phenoxy) is 2. The average Bonchev–Trinajstić information content (AvgIpc) is 2.80. The summed E-state index contributed by atoms with van der Waals surface area (Å²) in [6.07, 6.45) is -2.77. The van der Waals surface area contributed by atoms with Crippen LogP contribution in [0.4, 0.5) is 33.7 Å². The molecular weight excluding hydrogens is 474 g/mol. The fourth-order valence-electron chi connectivity index (χ4n) is 3.17. The minimum atomic E-state index is -4.77. The molecule has 1 atom stereocenters. The SMILES string of the molecule is CCOC1=CC(c2ccc(NC(=O)Nc3ccc(OCCO)c(C(F)(F)F)c3)c(F)c2)=CNC1O. The number of benzene rings is 2. The molecule has 35 heavy (non-hydrogen) atoms. The topological polar surface area (TPSA) is 112 Å². The van der Waals surface area contributed by atoms with Gasteiger partial charge in [0.2, 0.25) is 0 Å². The number of rotatable bonds is 8. The zero-order chi connectivity index (χ0) is 25.6. The number of aliphatic hydroxyl groups excluding tert-OH is 2. The number of carbonyl (C=O) groups excluding carboxylic acids is 1. The number of allylic oxidation sites excluding steroid dienone is 2. The molecule has 0 aliphatic carbocycles. The molecule has 0 aromatic heterocycles. The number of hydrogen-bond donors (Lipinski definition) is 5. The highest BCUT2D eigenvalue weighted by Crippen LogP contribution is 2.38. The quantitative estimate of drug-likeness (QED) is 0.352.